The number of hydrogen-bond acceptors (Lipinski definition) is 21. The first kappa shape index (κ1) is 40.0. The van der Waals surface area contributed by atoms with Crippen LogP contribution in [0.5, 0.6) is 0 Å². The van der Waals surface area contributed by atoms with Crippen LogP contribution >= 0.6 is 0 Å². The summed E-state index contributed by atoms with van der Waals surface area (Å²) in [5.41, 5.74) is 0. The van der Waals surface area contributed by atoms with Crippen LogP contribution in [0.4, 0.5) is 0 Å². The Morgan fingerprint density at radius 3 is 1.69 bits per heavy atom. The molecule has 1 amide bonds. The molecule has 49 heavy (non-hydrogen) atoms. The van der Waals surface area contributed by atoms with E-state index in [2.05, 4.69) is 5.32 Å². The predicted molar refractivity (Wildman–Crippen MR) is 146 cm³/mol. The zero-order chi connectivity index (χ0) is 36.5. The Bertz CT molecular complexity index is 1100. The lowest BCUT2D eigenvalue weighted by Gasteiger charge is -2.48. The summed E-state index contributed by atoms with van der Waals surface area (Å²) < 4.78 is 37.9. The van der Waals surface area contributed by atoms with Crippen LogP contribution < -0.4 is 5.32 Å². The van der Waals surface area contributed by atoms with Gasteiger partial charge in [0.15, 0.2) is 31.3 Å². The number of rotatable bonds is 11. The van der Waals surface area contributed by atoms with Crippen molar-refractivity contribution in [3.63, 3.8) is 0 Å². The van der Waals surface area contributed by atoms with E-state index >= 15 is 0 Å². The zero-order valence-electron chi connectivity index (χ0n) is 25.7. The molecule has 4 saturated heterocycles. The number of carboxylic acid groups (broad SMARTS) is 1. The SMILES string of the molecule is CC(=O)N[C@H]1C(O)O[C@H](CO)[C@H](O)[C@@H]1O[C@@H]1O[C@H](CO[C@@H]2O[C@H](CO)[C@@H](O)[C@H](O)[C@H]2O)[C@H](O)[C@H](O[C@@H]2O[C@H](C(=O)O)[C@@H](O)[C@H](O)[C@H]2O)[C@H]1O. The number of carbonyl (C=O) groups excluding carboxylic acids is 1. The van der Waals surface area contributed by atoms with Crippen molar-refractivity contribution >= 4 is 11.9 Å². The third-order valence-corrected chi connectivity index (χ3v) is 8.55. The highest BCUT2D eigenvalue weighted by molar-refractivity contribution is 5.73. The molecule has 1 unspecified atom stereocenters. The first-order valence-electron chi connectivity index (χ1n) is 15.1. The fourth-order valence-corrected chi connectivity index (χ4v) is 5.82. The van der Waals surface area contributed by atoms with Crippen molar-refractivity contribution in [3.05, 3.63) is 0 Å². The third-order valence-electron chi connectivity index (χ3n) is 8.55. The summed E-state index contributed by atoms with van der Waals surface area (Å²) in [4.78, 5) is 23.5. The van der Waals surface area contributed by atoms with Gasteiger partial charge in [0.1, 0.15) is 91.5 Å². The summed E-state index contributed by atoms with van der Waals surface area (Å²) in [6.07, 6.45) is -36.3. The molecule has 4 aliphatic rings. The minimum atomic E-state index is -2.17. The highest BCUT2D eigenvalue weighted by Crippen LogP contribution is 2.33. The number of nitrogens with one attached hydrogen (secondary N) is 1. The Morgan fingerprint density at radius 1 is 0.592 bits per heavy atom. The molecule has 23 heteroatoms. The predicted octanol–water partition coefficient (Wildman–Crippen LogP) is -9.51. The van der Waals surface area contributed by atoms with Crippen LogP contribution in [0.25, 0.3) is 0 Å². The van der Waals surface area contributed by atoms with Crippen LogP contribution in [0.15, 0.2) is 0 Å². The summed E-state index contributed by atoms with van der Waals surface area (Å²) in [6, 6.07) is -1.56. The Labute approximate surface area is 276 Å². The second kappa shape index (κ2) is 16.7. The summed E-state index contributed by atoms with van der Waals surface area (Å²) in [5, 5.41) is 136. The summed E-state index contributed by atoms with van der Waals surface area (Å²) in [5.74, 6) is -2.51. The van der Waals surface area contributed by atoms with Crippen LogP contribution in [0.3, 0.4) is 0 Å². The number of ether oxygens (including phenoxy) is 7. The van der Waals surface area contributed by atoms with E-state index in [1.165, 1.54) is 0 Å². The maximum atomic E-state index is 11.9. The molecule has 0 bridgehead atoms. The Morgan fingerprint density at radius 2 is 1.10 bits per heavy atom. The van der Waals surface area contributed by atoms with Crippen molar-refractivity contribution < 1.29 is 109 Å². The normalized spacial score (nSPS) is 49.3. The molecule has 0 aliphatic carbocycles. The number of aliphatic hydroxyl groups is 12. The van der Waals surface area contributed by atoms with Gasteiger partial charge in [-0.15, -0.1) is 0 Å². The molecular weight excluding hydrogens is 678 g/mol. The van der Waals surface area contributed by atoms with E-state index in [4.69, 9.17) is 33.2 Å². The van der Waals surface area contributed by atoms with Gasteiger partial charge in [0.2, 0.25) is 5.91 Å². The Kier molecular flexibility index (Phi) is 13.6. The van der Waals surface area contributed by atoms with Gasteiger partial charge in [-0.3, -0.25) is 4.79 Å². The quantitative estimate of drug-likeness (QED) is 0.0941. The van der Waals surface area contributed by atoms with Crippen molar-refractivity contribution in [3.8, 4) is 0 Å². The fraction of sp³-hybridized carbons (Fsp3) is 0.923. The second-order valence-electron chi connectivity index (χ2n) is 12.0. The number of amides is 1. The highest BCUT2D eigenvalue weighted by atomic mass is 16.8. The highest BCUT2D eigenvalue weighted by Gasteiger charge is 2.55. The number of carbonyl (C=O) groups is 2. The van der Waals surface area contributed by atoms with Gasteiger partial charge in [0, 0.05) is 6.92 Å². The first-order valence-corrected chi connectivity index (χ1v) is 15.1. The lowest BCUT2D eigenvalue weighted by molar-refractivity contribution is -0.376. The summed E-state index contributed by atoms with van der Waals surface area (Å²) in [6.45, 7) is -1.43. The molecule has 0 radical (unpaired) electrons. The smallest absolute Gasteiger partial charge is 0.335 e. The maximum Gasteiger partial charge on any atom is 0.335 e. The van der Waals surface area contributed by atoms with Crippen molar-refractivity contribution in [2.75, 3.05) is 19.8 Å². The summed E-state index contributed by atoms with van der Waals surface area (Å²) >= 11 is 0. The van der Waals surface area contributed by atoms with E-state index in [0.717, 1.165) is 6.92 Å². The van der Waals surface area contributed by atoms with E-state index < -0.39 is 154 Å². The van der Waals surface area contributed by atoms with Gasteiger partial charge in [-0.25, -0.2) is 4.79 Å². The summed E-state index contributed by atoms with van der Waals surface area (Å²) in [7, 11) is 0. The molecule has 14 N–H and O–H groups in total. The molecule has 0 aromatic rings. The molecule has 4 rings (SSSR count). The van der Waals surface area contributed by atoms with E-state index in [1.807, 2.05) is 0 Å². The van der Waals surface area contributed by atoms with Crippen molar-refractivity contribution in [2.24, 2.45) is 0 Å². The van der Waals surface area contributed by atoms with Crippen molar-refractivity contribution in [1.82, 2.24) is 5.32 Å². The van der Waals surface area contributed by atoms with Gasteiger partial charge < -0.3 is 105 Å². The zero-order valence-corrected chi connectivity index (χ0v) is 25.7. The molecule has 0 saturated carbocycles. The average molecular weight is 722 g/mol. The molecule has 23 nitrogen and oxygen atoms in total. The second-order valence-corrected chi connectivity index (χ2v) is 12.0. The number of aliphatic carboxylic acids is 1. The van der Waals surface area contributed by atoms with Crippen LogP contribution in [-0.4, -0.2) is 221 Å². The van der Waals surface area contributed by atoms with Crippen molar-refractivity contribution in [1.29, 1.82) is 0 Å². The number of carboxylic acids is 1. The van der Waals surface area contributed by atoms with Gasteiger partial charge in [-0.05, 0) is 0 Å². The topological polar surface area (TPSA) is 374 Å². The number of hydrogen-bond donors (Lipinski definition) is 14. The fourth-order valence-electron chi connectivity index (χ4n) is 5.82. The van der Waals surface area contributed by atoms with E-state index in [-0.39, 0.29) is 0 Å². The lowest BCUT2D eigenvalue weighted by atomic mass is 9.95. The Balaban J connectivity index is 1.62. The third kappa shape index (κ3) is 8.47. The van der Waals surface area contributed by atoms with E-state index in [0.29, 0.717) is 0 Å². The maximum absolute atomic E-state index is 11.9. The van der Waals surface area contributed by atoms with Crippen LogP contribution in [-0.2, 0) is 42.7 Å². The molecule has 4 aliphatic heterocycles. The molecule has 4 fully saturated rings. The van der Waals surface area contributed by atoms with Gasteiger partial charge in [0.05, 0.1) is 19.8 Å². The monoisotopic (exact) mass is 721 g/mol. The molecule has 20 atom stereocenters. The van der Waals surface area contributed by atoms with E-state index in [1.54, 1.807) is 0 Å². The van der Waals surface area contributed by atoms with Gasteiger partial charge in [0.25, 0.3) is 0 Å². The standard InChI is InChI=1S/C26H43NO22/c1-5(30)27-9-19(11(32)7(3-29)44-23(9)42)47-26-18(39)20(48-25-17(38)14(35)15(36)21(49-25)22(40)41)12(33)8(46-26)4-43-24-16(37)13(34)10(31)6(2-28)45-24/h6-21,23-26,28-29,31-39,42H,2-4H2,1H3,(H,27,30)(H,40,41)/t6-,7-,8-,9-,10-,11+,12+,13+,14+,15+,16-,17-,18-,19-,20+,21+,23?,24-,25-,26+/m1/s1. The largest absolute Gasteiger partial charge is 0.479 e. The van der Waals surface area contributed by atoms with E-state index in [9.17, 15) is 76.0 Å². The lowest BCUT2D eigenvalue weighted by Crippen LogP contribution is -2.68. The van der Waals surface area contributed by atoms with Gasteiger partial charge in [-0.1, -0.05) is 0 Å². The molecule has 0 aromatic carbocycles. The minimum absolute atomic E-state index is 0.736. The Hall–Kier alpha value is -1.82. The molecule has 4 heterocycles. The molecule has 0 spiro atoms. The van der Waals surface area contributed by atoms with Crippen LogP contribution in [0.1, 0.15) is 6.92 Å². The first-order chi connectivity index (χ1) is 23.0. The minimum Gasteiger partial charge on any atom is -0.479 e. The average Bonchev–Trinajstić information content (AvgIpc) is 3.05. The van der Waals surface area contributed by atoms with Gasteiger partial charge >= 0.3 is 5.97 Å². The molecule has 284 valence electrons. The molecule has 0 aromatic heterocycles. The molecular formula is C26H43NO22. The number of aliphatic hydroxyl groups excluding tert-OH is 12. The van der Waals surface area contributed by atoms with Crippen LogP contribution in [0.2, 0.25) is 0 Å². The van der Waals surface area contributed by atoms with Gasteiger partial charge in [-0.2, -0.15) is 0 Å². The van der Waals surface area contributed by atoms with Crippen LogP contribution in [0, 0.1) is 0 Å². The van der Waals surface area contributed by atoms with Crippen molar-refractivity contribution in [2.45, 2.75) is 130 Å².